The number of carbonyl (C=O) groups is 2. The Morgan fingerprint density at radius 1 is 0.528 bits per heavy atom. The van der Waals surface area contributed by atoms with Gasteiger partial charge in [-0.25, -0.2) is 0 Å². The van der Waals surface area contributed by atoms with E-state index in [9.17, 15) is 14.7 Å². The van der Waals surface area contributed by atoms with Gasteiger partial charge in [0.2, 0.25) is 0 Å². The molecule has 0 bridgehead atoms. The summed E-state index contributed by atoms with van der Waals surface area (Å²) in [5, 5.41) is 9.45. The molecule has 0 amide bonds. The molecule has 0 aliphatic carbocycles. The van der Waals surface area contributed by atoms with Crippen molar-refractivity contribution in [2.75, 3.05) is 13.2 Å². The van der Waals surface area contributed by atoms with Gasteiger partial charge in [-0.1, -0.05) is 142 Å². The zero-order chi connectivity index (χ0) is 26.5. The summed E-state index contributed by atoms with van der Waals surface area (Å²) in [7, 11) is 0. The van der Waals surface area contributed by atoms with Crippen LogP contribution in [-0.2, 0) is 19.1 Å². The zero-order valence-electron chi connectivity index (χ0n) is 24.0. The molecule has 0 aromatic carbocycles. The molecule has 5 nitrogen and oxygen atoms in total. The van der Waals surface area contributed by atoms with Crippen molar-refractivity contribution in [1.82, 2.24) is 0 Å². The normalized spacial score (nSPS) is 12.0. The highest BCUT2D eigenvalue weighted by molar-refractivity contribution is 5.70. The molecule has 36 heavy (non-hydrogen) atoms. The predicted octanol–water partition coefficient (Wildman–Crippen LogP) is 8.84. The summed E-state index contributed by atoms with van der Waals surface area (Å²) in [6, 6.07) is 0. The molecule has 0 saturated heterocycles. The Hall–Kier alpha value is -1.10. The SMILES string of the molecule is CCCCCCCCCCCCCCCC(=O)O[C@@H](CO)COC(=O)CCCCCCCCCCC. The van der Waals surface area contributed by atoms with Crippen LogP contribution in [-0.4, -0.2) is 36.4 Å². The van der Waals surface area contributed by atoms with Crippen LogP contribution in [0.4, 0.5) is 0 Å². The van der Waals surface area contributed by atoms with Crippen molar-refractivity contribution in [3.63, 3.8) is 0 Å². The predicted molar refractivity (Wildman–Crippen MR) is 150 cm³/mol. The first-order valence-corrected chi connectivity index (χ1v) is 15.6. The molecule has 0 aliphatic rings. The third-order valence-electron chi connectivity index (χ3n) is 6.90. The number of unbranched alkanes of at least 4 members (excludes halogenated alkanes) is 20. The number of aliphatic hydroxyl groups excluding tert-OH is 1. The summed E-state index contributed by atoms with van der Waals surface area (Å²) in [6.07, 6.45) is 27.2. The van der Waals surface area contributed by atoms with Gasteiger partial charge >= 0.3 is 11.9 Å². The maximum Gasteiger partial charge on any atom is 0.306 e. The molecular weight excluding hydrogens is 452 g/mol. The molecule has 0 fully saturated rings. The van der Waals surface area contributed by atoms with Gasteiger partial charge in [-0.2, -0.15) is 0 Å². The van der Waals surface area contributed by atoms with Gasteiger partial charge in [0.15, 0.2) is 6.10 Å². The summed E-state index contributed by atoms with van der Waals surface area (Å²) in [5.74, 6) is -0.587. The van der Waals surface area contributed by atoms with E-state index >= 15 is 0 Å². The fourth-order valence-electron chi connectivity index (χ4n) is 4.49. The van der Waals surface area contributed by atoms with E-state index in [2.05, 4.69) is 13.8 Å². The summed E-state index contributed by atoms with van der Waals surface area (Å²) in [4.78, 5) is 24.0. The molecule has 0 spiro atoms. The first kappa shape index (κ1) is 34.9. The summed E-state index contributed by atoms with van der Waals surface area (Å²) >= 11 is 0. The standard InChI is InChI=1S/C31H60O5/c1-3-5-7-9-11-13-14-15-16-18-20-22-24-26-31(34)36-29(27-32)28-35-30(33)25-23-21-19-17-12-10-8-6-4-2/h29,32H,3-28H2,1-2H3/t29-/m0/s1. The molecular formula is C31H60O5. The molecule has 0 aromatic rings. The number of ether oxygens (including phenoxy) is 2. The lowest BCUT2D eigenvalue weighted by molar-refractivity contribution is -0.161. The molecule has 0 heterocycles. The van der Waals surface area contributed by atoms with Crippen LogP contribution in [0, 0.1) is 0 Å². The lowest BCUT2D eigenvalue weighted by Gasteiger charge is -2.15. The second-order valence-corrected chi connectivity index (χ2v) is 10.5. The van der Waals surface area contributed by atoms with Gasteiger partial charge in [0, 0.05) is 12.8 Å². The Morgan fingerprint density at radius 2 is 0.861 bits per heavy atom. The lowest BCUT2D eigenvalue weighted by Crippen LogP contribution is -2.28. The average Bonchev–Trinajstić information content (AvgIpc) is 2.88. The van der Waals surface area contributed by atoms with E-state index < -0.39 is 6.10 Å². The fraction of sp³-hybridized carbons (Fsp3) is 0.935. The Labute approximate surface area is 223 Å². The number of hydrogen-bond acceptors (Lipinski definition) is 5. The summed E-state index contributed by atoms with van der Waals surface area (Å²) in [6.45, 7) is 4.10. The number of rotatable bonds is 28. The Morgan fingerprint density at radius 3 is 1.22 bits per heavy atom. The van der Waals surface area contributed by atoms with Crippen LogP contribution in [0.25, 0.3) is 0 Å². The minimum Gasteiger partial charge on any atom is -0.462 e. The van der Waals surface area contributed by atoms with E-state index in [-0.39, 0.29) is 25.2 Å². The van der Waals surface area contributed by atoms with E-state index in [1.54, 1.807) is 0 Å². The summed E-state index contributed by atoms with van der Waals surface area (Å²) < 4.78 is 10.5. The smallest absolute Gasteiger partial charge is 0.306 e. The molecule has 0 radical (unpaired) electrons. The maximum atomic E-state index is 12.0. The van der Waals surface area contributed by atoms with Crippen molar-refractivity contribution in [1.29, 1.82) is 0 Å². The van der Waals surface area contributed by atoms with Crippen molar-refractivity contribution >= 4 is 11.9 Å². The molecule has 5 heteroatoms. The largest absolute Gasteiger partial charge is 0.462 e. The zero-order valence-corrected chi connectivity index (χ0v) is 24.0. The average molecular weight is 513 g/mol. The first-order valence-electron chi connectivity index (χ1n) is 15.6. The van der Waals surface area contributed by atoms with Gasteiger partial charge < -0.3 is 14.6 Å². The molecule has 0 unspecified atom stereocenters. The third-order valence-corrected chi connectivity index (χ3v) is 6.90. The number of esters is 2. The van der Waals surface area contributed by atoms with Crippen molar-refractivity contribution in [2.45, 2.75) is 174 Å². The first-order chi connectivity index (χ1) is 17.6. The molecule has 214 valence electrons. The quantitative estimate of drug-likeness (QED) is 0.0837. The molecule has 0 rings (SSSR count). The van der Waals surface area contributed by atoms with E-state index in [1.807, 2.05) is 0 Å². The van der Waals surface area contributed by atoms with Crippen molar-refractivity contribution in [2.24, 2.45) is 0 Å². The van der Waals surface area contributed by atoms with Crippen molar-refractivity contribution < 1.29 is 24.2 Å². The second-order valence-electron chi connectivity index (χ2n) is 10.5. The molecule has 0 saturated carbocycles. The third kappa shape index (κ3) is 26.0. The van der Waals surface area contributed by atoms with Crippen LogP contribution >= 0.6 is 0 Å². The van der Waals surface area contributed by atoms with E-state index in [4.69, 9.17) is 9.47 Å². The monoisotopic (exact) mass is 512 g/mol. The highest BCUT2D eigenvalue weighted by atomic mass is 16.6. The van der Waals surface area contributed by atoms with Crippen LogP contribution in [0.2, 0.25) is 0 Å². The van der Waals surface area contributed by atoms with Gasteiger partial charge in [0.1, 0.15) is 6.61 Å². The minimum absolute atomic E-state index is 0.0584. The Balaban J connectivity index is 3.56. The van der Waals surface area contributed by atoms with E-state index in [1.165, 1.54) is 103 Å². The lowest BCUT2D eigenvalue weighted by atomic mass is 10.0. The highest BCUT2D eigenvalue weighted by Crippen LogP contribution is 2.14. The van der Waals surface area contributed by atoms with Crippen molar-refractivity contribution in [3.8, 4) is 0 Å². The molecule has 1 atom stereocenters. The van der Waals surface area contributed by atoms with Gasteiger partial charge in [-0.3, -0.25) is 9.59 Å². The van der Waals surface area contributed by atoms with Crippen LogP contribution in [0.15, 0.2) is 0 Å². The maximum absolute atomic E-state index is 12.0. The molecule has 0 aliphatic heterocycles. The Kier molecular flexibility index (Phi) is 27.6. The number of carbonyl (C=O) groups excluding carboxylic acids is 2. The fourth-order valence-corrected chi connectivity index (χ4v) is 4.49. The van der Waals surface area contributed by atoms with Crippen LogP contribution in [0.1, 0.15) is 168 Å². The molecule has 1 N–H and O–H groups in total. The topological polar surface area (TPSA) is 72.8 Å². The molecule has 0 aromatic heterocycles. The van der Waals surface area contributed by atoms with Gasteiger partial charge in [0.05, 0.1) is 6.61 Å². The number of aliphatic hydroxyl groups is 1. The van der Waals surface area contributed by atoms with Crippen molar-refractivity contribution in [3.05, 3.63) is 0 Å². The van der Waals surface area contributed by atoms with Crippen LogP contribution in [0.5, 0.6) is 0 Å². The Bertz CT molecular complexity index is 480. The second kappa shape index (κ2) is 28.5. The van der Waals surface area contributed by atoms with Gasteiger partial charge in [-0.15, -0.1) is 0 Å². The van der Waals surface area contributed by atoms with Gasteiger partial charge in [0.25, 0.3) is 0 Å². The van der Waals surface area contributed by atoms with Gasteiger partial charge in [-0.05, 0) is 12.8 Å². The van der Waals surface area contributed by atoms with E-state index in [0.717, 1.165) is 38.5 Å². The summed E-state index contributed by atoms with van der Waals surface area (Å²) in [5.41, 5.74) is 0. The van der Waals surface area contributed by atoms with Crippen LogP contribution < -0.4 is 0 Å². The minimum atomic E-state index is -0.758. The van der Waals surface area contributed by atoms with Crippen LogP contribution in [0.3, 0.4) is 0 Å². The number of hydrogen-bond donors (Lipinski definition) is 1. The van der Waals surface area contributed by atoms with E-state index in [0.29, 0.717) is 12.8 Å². The highest BCUT2D eigenvalue weighted by Gasteiger charge is 2.16.